The van der Waals surface area contributed by atoms with Gasteiger partial charge in [-0.3, -0.25) is 4.79 Å². The molecule has 6 heteroatoms. The van der Waals surface area contributed by atoms with Gasteiger partial charge in [-0.05, 0) is 53.9 Å². The van der Waals surface area contributed by atoms with E-state index in [1.54, 1.807) is 19.2 Å². The number of fused-ring (bicyclic) bond motifs is 1. The molecule has 4 rings (SSSR count). The Hall–Kier alpha value is -3.80. The van der Waals surface area contributed by atoms with Gasteiger partial charge < -0.3 is 19.4 Å². The molecule has 6 nitrogen and oxygen atoms in total. The van der Waals surface area contributed by atoms with Crippen LogP contribution in [0.3, 0.4) is 0 Å². The molecule has 1 amide bonds. The van der Waals surface area contributed by atoms with Gasteiger partial charge in [0.25, 0.3) is 5.91 Å². The Kier molecular flexibility index (Phi) is 7.48. The van der Waals surface area contributed by atoms with Gasteiger partial charge in [-0.1, -0.05) is 44.2 Å². The molecular weight excluding hydrogens is 426 g/mol. The van der Waals surface area contributed by atoms with E-state index in [1.807, 2.05) is 42.5 Å². The first kappa shape index (κ1) is 23.4. The molecule has 1 aromatic heterocycles. The highest BCUT2D eigenvalue weighted by atomic mass is 16.5. The van der Waals surface area contributed by atoms with Crippen LogP contribution in [0.4, 0.5) is 0 Å². The van der Waals surface area contributed by atoms with E-state index < -0.39 is 0 Å². The molecule has 0 fully saturated rings. The highest BCUT2D eigenvalue weighted by Gasteiger charge is 2.12. The molecule has 4 aromatic rings. The normalized spacial score (nSPS) is 11.1. The second-order valence-electron chi connectivity index (χ2n) is 8.48. The first-order chi connectivity index (χ1) is 16.5. The number of para-hydroxylation sites is 2. The van der Waals surface area contributed by atoms with Crippen molar-refractivity contribution in [2.75, 3.05) is 20.3 Å². The van der Waals surface area contributed by atoms with Crippen molar-refractivity contribution in [3.63, 3.8) is 0 Å². The van der Waals surface area contributed by atoms with Crippen molar-refractivity contribution < 1.29 is 14.3 Å². The lowest BCUT2D eigenvalue weighted by atomic mass is 10.0. The zero-order valence-corrected chi connectivity index (χ0v) is 20.0. The fraction of sp³-hybridized carbons (Fsp3) is 0.286. The Balaban J connectivity index is 1.40. The van der Waals surface area contributed by atoms with Crippen molar-refractivity contribution >= 4 is 16.9 Å². The van der Waals surface area contributed by atoms with Gasteiger partial charge in [-0.2, -0.15) is 0 Å². The van der Waals surface area contributed by atoms with Crippen LogP contribution in [-0.2, 0) is 13.0 Å². The van der Waals surface area contributed by atoms with Crippen molar-refractivity contribution in [1.82, 2.24) is 14.9 Å². The second kappa shape index (κ2) is 10.9. The Morgan fingerprint density at radius 3 is 2.56 bits per heavy atom. The number of hydrogen-bond donors (Lipinski definition) is 1. The van der Waals surface area contributed by atoms with Crippen molar-refractivity contribution in [1.29, 1.82) is 0 Å². The maximum Gasteiger partial charge on any atom is 0.251 e. The zero-order chi connectivity index (χ0) is 23.9. The van der Waals surface area contributed by atoms with E-state index >= 15 is 0 Å². The van der Waals surface area contributed by atoms with Crippen LogP contribution in [0.15, 0.2) is 72.8 Å². The summed E-state index contributed by atoms with van der Waals surface area (Å²) in [5.74, 6) is 2.81. The number of carbonyl (C=O) groups is 1. The topological polar surface area (TPSA) is 65.4 Å². The number of rotatable bonds is 10. The Morgan fingerprint density at radius 1 is 1.00 bits per heavy atom. The molecule has 0 aliphatic heterocycles. The molecule has 0 unspecified atom stereocenters. The first-order valence-electron chi connectivity index (χ1n) is 11.6. The fourth-order valence-electron chi connectivity index (χ4n) is 3.92. The Morgan fingerprint density at radius 2 is 1.79 bits per heavy atom. The van der Waals surface area contributed by atoms with Gasteiger partial charge in [0.2, 0.25) is 0 Å². The van der Waals surface area contributed by atoms with E-state index in [0.717, 1.165) is 22.6 Å². The van der Waals surface area contributed by atoms with Crippen molar-refractivity contribution in [2.24, 2.45) is 0 Å². The third-order valence-corrected chi connectivity index (χ3v) is 5.83. The molecule has 3 aromatic carbocycles. The van der Waals surface area contributed by atoms with Gasteiger partial charge in [-0.25, -0.2) is 4.98 Å². The maximum atomic E-state index is 12.5. The molecule has 0 aliphatic carbocycles. The summed E-state index contributed by atoms with van der Waals surface area (Å²) >= 11 is 0. The molecule has 0 spiro atoms. The van der Waals surface area contributed by atoms with E-state index in [0.29, 0.717) is 43.3 Å². The van der Waals surface area contributed by atoms with Crippen LogP contribution in [0.25, 0.3) is 11.0 Å². The minimum atomic E-state index is -0.130. The van der Waals surface area contributed by atoms with Crippen LogP contribution in [0.1, 0.15) is 41.5 Å². The summed E-state index contributed by atoms with van der Waals surface area (Å²) < 4.78 is 13.4. The van der Waals surface area contributed by atoms with Crippen molar-refractivity contribution in [3.05, 3.63) is 89.7 Å². The fourth-order valence-corrected chi connectivity index (χ4v) is 3.92. The number of hydrogen-bond acceptors (Lipinski definition) is 4. The molecule has 0 aliphatic rings. The van der Waals surface area contributed by atoms with Gasteiger partial charge in [-0.15, -0.1) is 0 Å². The van der Waals surface area contributed by atoms with E-state index in [9.17, 15) is 4.79 Å². The van der Waals surface area contributed by atoms with Gasteiger partial charge in [0.1, 0.15) is 23.9 Å². The maximum absolute atomic E-state index is 12.5. The van der Waals surface area contributed by atoms with Crippen LogP contribution < -0.4 is 14.8 Å². The Labute approximate surface area is 200 Å². The summed E-state index contributed by atoms with van der Waals surface area (Å²) in [6, 6.07) is 23.5. The van der Waals surface area contributed by atoms with Crippen LogP contribution in [-0.4, -0.2) is 35.7 Å². The first-order valence-corrected chi connectivity index (χ1v) is 11.6. The van der Waals surface area contributed by atoms with Crippen LogP contribution in [0.2, 0.25) is 0 Å². The molecule has 0 radical (unpaired) electrons. The number of ether oxygens (including phenoxy) is 2. The van der Waals surface area contributed by atoms with Gasteiger partial charge in [0, 0.05) is 18.5 Å². The largest absolute Gasteiger partial charge is 0.497 e. The molecule has 176 valence electrons. The number of aromatic nitrogens is 2. The van der Waals surface area contributed by atoms with E-state index in [-0.39, 0.29) is 5.91 Å². The number of imidazole rings is 1. The van der Waals surface area contributed by atoms with Crippen molar-refractivity contribution in [2.45, 2.75) is 32.7 Å². The number of benzene rings is 3. The summed E-state index contributed by atoms with van der Waals surface area (Å²) in [7, 11) is 1.59. The molecule has 1 N–H and O–H groups in total. The summed E-state index contributed by atoms with van der Waals surface area (Å²) in [5.41, 5.74) is 3.88. The van der Waals surface area contributed by atoms with E-state index in [2.05, 4.69) is 41.9 Å². The summed E-state index contributed by atoms with van der Waals surface area (Å²) in [4.78, 5) is 17.3. The average Bonchev–Trinajstić information content (AvgIpc) is 3.21. The predicted molar refractivity (Wildman–Crippen MR) is 135 cm³/mol. The van der Waals surface area contributed by atoms with E-state index in [4.69, 9.17) is 14.5 Å². The molecule has 0 bridgehead atoms. The zero-order valence-electron chi connectivity index (χ0n) is 20.0. The second-order valence-corrected chi connectivity index (χ2v) is 8.48. The standard InChI is InChI=1S/C28H31N3O3/c1-20(2)21-11-13-23(14-12-21)34-18-17-31-26-10-5-4-9-25(26)30-27(31)15-16-29-28(32)22-7-6-8-24(19-22)33-3/h4-14,19-20H,15-18H2,1-3H3,(H,29,32). The molecule has 0 atom stereocenters. The third-order valence-electron chi connectivity index (χ3n) is 5.83. The number of amides is 1. The lowest BCUT2D eigenvalue weighted by molar-refractivity contribution is 0.0953. The number of carbonyl (C=O) groups excluding carboxylic acids is 1. The lowest BCUT2D eigenvalue weighted by Gasteiger charge is -2.12. The third kappa shape index (κ3) is 5.57. The highest BCUT2D eigenvalue weighted by Crippen LogP contribution is 2.20. The predicted octanol–water partition coefficient (Wildman–Crippen LogP) is 5.22. The smallest absolute Gasteiger partial charge is 0.251 e. The van der Waals surface area contributed by atoms with Crippen molar-refractivity contribution in [3.8, 4) is 11.5 Å². The summed E-state index contributed by atoms with van der Waals surface area (Å²) in [5, 5.41) is 2.99. The lowest BCUT2D eigenvalue weighted by Crippen LogP contribution is -2.26. The number of nitrogens with one attached hydrogen (secondary N) is 1. The quantitative estimate of drug-likeness (QED) is 0.355. The van der Waals surface area contributed by atoms with Gasteiger partial charge >= 0.3 is 0 Å². The molecule has 0 saturated carbocycles. The van der Waals surface area contributed by atoms with Gasteiger partial charge in [0.15, 0.2) is 0 Å². The molecular formula is C28H31N3O3. The van der Waals surface area contributed by atoms with Gasteiger partial charge in [0.05, 0.1) is 24.7 Å². The summed E-state index contributed by atoms with van der Waals surface area (Å²) in [6.07, 6.45) is 0.619. The Bertz CT molecular complexity index is 1250. The minimum Gasteiger partial charge on any atom is -0.497 e. The highest BCUT2D eigenvalue weighted by molar-refractivity contribution is 5.94. The average molecular weight is 458 g/mol. The number of methoxy groups -OCH3 is 1. The molecule has 34 heavy (non-hydrogen) atoms. The monoisotopic (exact) mass is 457 g/mol. The molecule has 0 saturated heterocycles. The number of nitrogens with zero attached hydrogens (tertiary/aromatic N) is 2. The molecule has 1 heterocycles. The van der Waals surface area contributed by atoms with Crippen LogP contribution >= 0.6 is 0 Å². The SMILES string of the molecule is COc1cccc(C(=O)NCCc2nc3ccccc3n2CCOc2ccc(C(C)C)cc2)c1. The van der Waals surface area contributed by atoms with Crippen LogP contribution in [0, 0.1) is 0 Å². The van der Waals surface area contributed by atoms with E-state index in [1.165, 1.54) is 5.56 Å². The minimum absolute atomic E-state index is 0.130. The van der Waals surface area contributed by atoms with Crippen LogP contribution in [0.5, 0.6) is 11.5 Å². The summed E-state index contributed by atoms with van der Waals surface area (Å²) in [6.45, 7) is 6.05.